The minimum atomic E-state index is -0.732. The van der Waals surface area contributed by atoms with Crippen LogP contribution in [0.3, 0.4) is 0 Å². The van der Waals surface area contributed by atoms with Gasteiger partial charge in [0.2, 0.25) is 0 Å². The van der Waals surface area contributed by atoms with Crippen LogP contribution in [-0.2, 0) is 0 Å². The number of hydrogen-bond acceptors (Lipinski definition) is 6. The van der Waals surface area contributed by atoms with Gasteiger partial charge in [-0.2, -0.15) is 0 Å². The maximum absolute atomic E-state index is 14.3. The molecule has 0 bridgehead atoms. The number of ether oxygens (including phenoxy) is 1. The van der Waals surface area contributed by atoms with E-state index in [9.17, 15) is 9.18 Å². The third-order valence-electron chi connectivity index (χ3n) is 4.19. The molecule has 4 aromatic rings. The summed E-state index contributed by atoms with van der Waals surface area (Å²) in [6.07, 6.45) is 6.34. The first-order valence-corrected chi connectivity index (χ1v) is 8.00. The van der Waals surface area contributed by atoms with Gasteiger partial charge in [-0.3, -0.25) is 4.79 Å². The second-order valence-corrected chi connectivity index (χ2v) is 5.82. The van der Waals surface area contributed by atoms with Crippen LogP contribution in [0.2, 0.25) is 0 Å². The number of methoxy groups -OCH3 is 1. The molecule has 0 unspecified atom stereocenters. The van der Waals surface area contributed by atoms with Gasteiger partial charge in [-0.25, -0.2) is 19.3 Å². The Labute approximate surface area is 153 Å². The van der Waals surface area contributed by atoms with Gasteiger partial charge < -0.3 is 15.5 Å². The van der Waals surface area contributed by atoms with Gasteiger partial charge in [0.1, 0.15) is 5.65 Å². The second kappa shape index (κ2) is 6.49. The van der Waals surface area contributed by atoms with Crippen LogP contribution in [-0.4, -0.2) is 32.8 Å². The molecule has 3 N–H and O–H groups in total. The number of nitrogens with one attached hydrogen (secondary N) is 1. The molecule has 0 aliphatic heterocycles. The number of ketones is 1. The number of fused-ring (bicyclic) bond motifs is 1. The molecule has 3 aromatic heterocycles. The van der Waals surface area contributed by atoms with E-state index < -0.39 is 11.6 Å². The van der Waals surface area contributed by atoms with Crippen molar-refractivity contribution in [2.45, 2.75) is 0 Å². The second-order valence-electron chi connectivity index (χ2n) is 5.82. The Hall–Kier alpha value is -3.81. The quantitative estimate of drug-likeness (QED) is 0.426. The van der Waals surface area contributed by atoms with Gasteiger partial charge in [0.15, 0.2) is 11.6 Å². The lowest BCUT2D eigenvalue weighted by Crippen LogP contribution is -2.06. The van der Waals surface area contributed by atoms with Gasteiger partial charge in [-0.15, -0.1) is 0 Å². The van der Waals surface area contributed by atoms with E-state index in [4.69, 9.17) is 10.5 Å². The molecule has 0 saturated carbocycles. The number of pyridine rings is 1. The van der Waals surface area contributed by atoms with Crippen molar-refractivity contribution in [1.82, 2.24) is 19.9 Å². The van der Waals surface area contributed by atoms with Gasteiger partial charge in [0.05, 0.1) is 18.4 Å². The number of nitrogens with two attached hydrogens (primary N) is 1. The van der Waals surface area contributed by atoms with Crippen LogP contribution in [0.5, 0.6) is 6.01 Å². The normalized spacial score (nSPS) is 10.9. The van der Waals surface area contributed by atoms with E-state index >= 15 is 0 Å². The van der Waals surface area contributed by atoms with Crippen molar-refractivity contribution < 1.29 is 13.9 Å². The first kappa shape index (κ1) is 16.6. The molecular weight excluding hydrogens is 349 g/mol. The van der Waals surface area contributed by atoms with Crippen molar-refractivity contribution in [2.75, 3.05) is 12.8 Å². The monoisotopic (exact) mass is 363 g/mol. The SMILES string of the molecule is COc1ncc(-c2cnc3[nH]cc(C(=O)c4cccc(N)c4F)c3c2)cn1. The standard InChI is InChI=1S/C19H14FN5O2/c1-27-19-24-7-11(8-25-19)10-5-13-14(9-23-18(13)22-6-10)17(26)12-3-2-4-15(21)16(12)20/h2-9H,21H2,1H3,(H,22,23). The molecule has 0 fully saturated rings. The summed E-state index contributed by atoms with van der Waals surface area (Å²) in [5.41, 5.74) is 7.66. The summed E-state index contributed by atoms with van der Waals surface area (Å²) in [6.45, 7) is 0. The molecule has 4 rings (SSSR count). The fourth-order valence-electron chi connectivity index (χ4n) is 2.79. The smallest absolute Gasteiger partial charge is 0.316 e. The zero-order valence-corrected chi connectivity index (χ0v) is 14.2. The number of aromatic nitrogens is 4. The van der Waals surface area contributed by atoms with Gasteiger partial charge >= 0.3 is 6.01 Å². The largest absolute Gasteiger partial charge is 0.467 e. The summed E-state index contributed by atoms with van der Waals surface area (Å²) in [5.74, 6) is -1.21. The molecule has 0 atom stereocenters. The lowest BCUT2D eigenvalue weighted by atomic mass is 10.0. The number of rotatable bonds is 4. The minimum absolute atomic E-state index is 0.0742. The minimum Gasteiger partial charge on any atom is -0.467 e. The third kappa shape index (κ3) is 2.86. The van der Waals surface area contributed by atoms with E-state index in [1.807, 2.05) is 0 Å². The number of aromatic amines is 1. The Bertz CT molecular complexity index is 1150. The van der Waals surface area contributed by atoms with Gasteiger partial charge in [0, 0.05) is 46.9 Å². The van der Waals surface area contributed by atoms with Crippen molar-refractivity contribution >= 4 is 22.5 Å². The summed E-state index contributed by atoms with van der Waals surface area (Å²) >= 11 is 0. The molecule has 1 aromatic carbocycles. The number of carbonyl (C=O) groups is 1. The van der Waals surface area contributed by atoms with Crippen molar-refractivity contribution in [1.29, 1.82) is 0 Å². The first-order chi connectivity index (χ1) is 13.1. The molecule has 0 aliphatic rings. The van der Waals surface area contributed by atoms with E-state index in [1.54, 1.807) is 30.7 Å². The number of H-pyrrole nitrogens is 1. The molecule has 0 saturated heterocycles. The topological polar surface area (TPSA) is 107 Å². The predicted molar refractivity (Wildman–Crippen MR) is 97.9 cm³/mol. The lowest BCUT2D eigenvalue weighted by Gasteiger charge is -2.05. The fourth-order valence-corrected chi connectivity index (χ4v) is 2.79. The number of hydrogen-bond donors (Lipinski definition) is 2. The van der Waals surface area contributed by atoms with E-state index in [0.717, 1.165) is 0 Å². The van der Waals surface area contributed by atoms with Crippen LogP contribution in [0.25, 0.3) is 22.2 Å². The summed E-state index contributed by atoms with van der Waals surface area (Å²) in [6, 6.07) is 6.38. The maximum Gasteiger partial charge on any atom is 0.316 e. The van der Waals surface area contributed by atoms with Crippen LogP contribution in [0.15, 0.2) is 49.1 Å². The summed E-state index contributed by atoms with van der Waals surface area (Å²) in [7, 11) is 1.48. The Balaban J connectivity index is 1.80. The number of nitrogens with zero attached hydrogens (tertiary/aromatic N) is 3. The Morgan fingerprint density at radius 2 is 1.85 bits per heavy atom. The number of nitrogen functional groups attached to an aromatic ring is 1. The predicted octanol–water partition coefficient (Wildman–Crippen LogP) is 2.98. The highest BCUT2D eigenvalue weighted by Gasteiger charge is 2.20. The lowest BCUT2D eigenvalue weighted by molar-refractivity contribution is 0.103. The average molecular weight is 363 g/mol. The van der Waals surface area contributed by atoms with Crippen molar-refractivity contribution in [3.05, 3.63) is 66.0 Å². The van der Waals surface area contributed by atoms with Gasteiger partial charge in [0.25, 0.3) is 0 Å². The van der Waals surface area contributed by atoms with Gasteiger partial charge in [-0.05, 0) is 18.2 Å². The molecule has 27 heavy (non-hydrogen) atoms. The Kier molecular flexibility index (Phi) is 4.00. The number of benzene rings is 1. The molecule has 7 nitrogen and oxygen atoms in total. The molecule has 0 amide bonds. The van der Waals surface area contributed by atoms with Crippen LogP contribution >= 0.6 is 0 Å². The highest BCUT2D eigenvalue weighted by atomic mass is 19.1. The first-order valence-electron chi connectivity index (χ1n) is 8.00. The van der Waals surface area contributed by atoms with E-state index in [1.165, 1.54) is 25.4 Å². The maximum atomic E-state index is 14.3. The number of carbonyl (C=O) groups excluding carboxylic acids is 1. The summed E-state index contributed by atoms with van der Waals surface area (Å²) in [5, 5.41) is 0.565. The van der Waals surface area contributed by atoms with Crippen molar-refractivity contribution in [3.8, 4) is 17.1 Å². The molecular formula is C19H14FN5O2. The fraction of sp³-hybridized carbons (Fsp3) is 0.0526. The van der Waals surface area contributed by atoms with Crippen LogP contribution in [0.4, 0.5) is 10.1 Å². The van der Waals surface area contributed by atoms with E-state index in [2.05, 4.69) is 19.9 Å². The zero-order valence-electron chi connectivity index (χ0n) is 14.2. The zero-order chi connectivity index (χ0) is 19.0. The molecule has 3 heterocycles. The molecule has 0 radical (unpaired) electrons. The van der Waals surface area contributed by atoms with Crippen molar-refractivity contribution in [2.24, 2.45) is 0 Å². The Morgan fingerprint density at radius 1 is 1.11 bits per heavy atom. The van der Waals surface area contributed by atoms with E-state index in [-0.39, 0.29) is 17.3 Å². The molecule has 8 heteroatoms. The highest BCUT2D eigenvalue weighted by molar-refractivity contribution is 6.16. The summed E-state index contributed by atoms with van der Waals surface area (Å²) < 4.78 is 19.2. The summed E-state index contributed by atoms with van der Waals surface area (Å²) in [4.78, 5) is 28.2. The number of anilines is 1. The number of halogens is 1. The van der Waals surface area contributed by atoms with Gasteiger partial charge in [-0.1, -0.05) is 6.07 Å². The van der Waals surface area contributed by atoms with Crippen LogP contribution in [0, 0.1) is 5.82 Å². The molecule has 0 aliphatic carbocycles. The Morgan fingerprint density at radius 3 is 2.59 bits per heavy atom. The van der Waals surface area contributed by atoms with Crippen LogP contribution < -0.4 is 10.5 Å². The highest BCUT2D eigenvalue weighted by Crippen LogP contribution is 2.27. The van der Waals surface area contributed by atoms with Crippen molar-refractivity contribution in [3.63, 3.8) is 0 Å². The third-order valence-corrected chi connectivity index (χ3v) is 4.19. The average Bonchev–Trinajstić information content (AvgIpc) is 3.13. The molecule has 134 valence electrons. The molecule has 0 spiro atoms. The van der Waals surface area contributed by atoms with E-state index in [0.29, 0.717) is 27.7 Å². The van der Waals surface area contributed by atoms with Crippen LogP contribution in [0.1, 0.15) is 15.9 Å².